The zero-order valence-electron chi connectivity index (χ0n) is 10.9. The van der Waals surface area contributed by atoms with Crippen LogP contribution in [0.2, 0.25) is 0 Å². The number of hydrogen-bond donors (Lipinski definition) is 1. The van der Waals surface area contributed by atoms with Gasteiger partial charge in [0.1, 0.15) is 0 Å². The fourth-order valence-corrected chi connectivity index (χ4v) is 1.87. The maximum absolute atomic E-state index is 12.0. The van der Waals surface area contributed by atoms with E-state index in [1.165, 1.54) is 12.7 Å². The van der Waals surface area contributed by atoms with Crippen molar-refractivity contribution in [2.45, 2.75) is 27.2 Å². The topological polar surface area (TPSA) is 66.5 Å². The zero-order valence-corrected chi connectivity index (χ0v) is 10.9. The molecule has 1 atom stereocenters. The Kier molecular flexibility index (Phi) is 4.09. The molecule has 0 radical (unpaired) electrons. The minimum atomic E-state index is -0.255. The molecule has 0 aliphatic carbocycles. The lowest BCUT2D eigenvalue weighted by atomic mass is 9.80. The van der Waals surface area contributed by atoms with Crippen LogP contribution in [0.4, 0.5) is 0 Å². The summed E-state index contributed by atoms with van der Waals surface area (Å²) in [6, 6.07) is 0. The summed E-state index contributed by atoms with van der Waals surface area (Å²) < 4.78 is 0. The third kappa shape index (κ3) is 3.39. The van der Waals surface area contributed by atoms with Gasteiger partial charge in [0.05, 0.1) is 18.3 Å². The van der Waals surface area contributed by atoms with Crippen LogP contribution in [-0.2, 0) is 14.4 Å². The maximum Gasteiger partial charge on any atom is 0.234 e. The first-order valence-corrected chi connectivity index (χ1v) is 5.78. The van der Waals surface area contributed by atoms with Crippen molar-refractivity contribution in [1.82, 2.24) is 10.2 Å². The maximum atomic E-state index is 12.0. The van der Waals surface area contributed by atoms with E-state index in [1.807, 2.05) is 20.8 Å². The Balaban J connectivity index is 2.60. The van der Waals surface area contributed by atoms with E-state index in [1.54, 1.807) is 0 Å². The van der Waals surface area contributed by atoms with Gasteiger partial charge in [0.2, 0.25) is 11.8 Å². The van der Waals surface area contributed by atoms with E-state index in [9.17, 15) is 14.4 Å². The van der Waals surface area contributed by atoms with Gasteiger partial charge < -0.3 is 4.79 Å². The summed E-state index contributed by atoms with van der Waals surface area (Å²) in [6.45, 7) is 6.17. The van der Waals surface area contributed by atoms with Crippen LogP contribution in [0, 0.1) is 11.3 Å². The first kappa shape index (κ1) is 13.9. The molecular formula is C11H19BN2O3. The molecule has 94 valence electrons. The molecule has 1 aliphatic heterocycles. The molecule has 1 fully saturated rings. The number of rotatable bonds is 4. The Labute approximate surface area is 102 Å². The van der Waals surface area contributed by atoms with E-state index in [0.29, 0.717) is 0 Å². The number of nitrogens with one attached hydrogen (secondary N) is 1. The van der Waals surface area contributed by atoms with Crippen molar-refractivity contribution in [2.75, 3.05) is 13.2 Å². The molecule has 1 rings (SSSR count). The zero-order chi connectivity index (χ0) is 13.2. The summed E-state index contributed by atoms with van der Waals surface area (Å²) in [6.07, 6.45) is 0.268. The monoisotopic (exact) mass is 238 g/mol. The third-order valence-corrected chi connectivity index (χ3v) is 2.93. The van der Waals surface area contributed by atoms with Crippen molar-refractivity contribution in [3.63, 3.8) is 0 Å². The van der Waals surface area contributed by atoms with Gasteiger partial charge >= 0.3 is 0 Å². The number of imide groups is 1. The lowest BCUT2D eigenvalue weighted by molar-refractivity contribution is -0.140. The third-order valence-electron chi connectivity index (χ3n) is 2.93. The second-order valence-corrected chi connectivity index (χ2v) is 5.57. The van der Waals surface area contributed by atoms with Crippen molar-refractivity contribution in [3.8, 4) is 0 Å². The molecule has 1 aliphatic rings. The molecule has 1 unspecified atom stereocenters. The molecule has 0 aromatic carbocycles. The number of hydrogen-bond acceptors (Lipinski definition) is 4. The molecule has 5 nitrogen and oxygen atoms in total. The number of nitrogens with zero attached hydrogens (tertiary/aromatic N) is 1. The van der Waals surface area contributed by atoms with Gasteiger partial charge in [-0.15, -0.1) is 0 Å². The lowest BCUT2D eigenvalue weighted by Crippen LogP contribution is -2.41. The largest absolute Gasteiger partial charge is 0.311 e. The molecule has 1 heterocycles. The van der Waals surface area contributed by atoms with Crippen molar-refractivity contribution >= 4 is 25.3 Å². The van der Waals surface area contributed by atoms with E-state index in [-0.39, 0.29) is 48.5 Å². The second-order valence-electron chi connectivity index (χ2n) is 5.57. The van der Waals surface area contributed by atoms with Gasteiger partial charge in [0.15, 0.2) is 7.85 Å². The Hall–Kier alpha value is -1.17. The smallest absolute Gasteiger partial charge is 0.234 e. The van der Waals surface area contributed by atoms with Crippen LogP contribution in [-0.4, -0.2) is 43.5 Å². The second kappa shape index (κ2) is 5.00. The minimum absolute atomic E-state index is 0.0172. The Morgan fingerprint density at radius 3 is 2.47 bits per heavy atom. The highest BCUT2D eigenvalue weighted by Crippen LogP contribution is 2.34. The van der Waals surface area contributed by atoms with Gasteiger partial charge in [-0.25, -0.2) is 0 Å². The normalized spacial score (nSPS) is 21.1. The molecule has 2 amide bonds. The summed E-state index contributed by atoms with van der Waals surface area (Å²) in [7, 11) is 1.46. The van der Waals surface area contributed by atoms with Gasteiger partial charge in [-0.2, -0.15) is 0 Å². The number of carbonyl (C=O) groups is 3. The number of likely N-dealkylation sites (tertiary alicyclic amines) is 1. The lowest BCUT2D eigenvalue weighted by Gasteiger charge is -2.24. The summed E-state index contributed by atoms with van der Waals surface area (Å²) in [5.41, 5.74) is -0.223. The van der Waals surface area contributed by atoms with Gasteiger partial charge in [0.25, 0.3) is 0 Å². The predicted molar refractivity (Wildman–Crippen MR) is 65.8 cm³/mol. The quantitative estimate of drug-likeness (QED) is 0.510. The number of amides is 2. The molecule has 17 heavy (non-hydrogen) atoms. The van der Waals surface area contributed by atoms with Crippen LogP contribution in [0.3, 0.4) is 0 Å². The van der Waals surface area contributed by atoms with Crippen molar-refractivity contribution in [1.29, 1.82) is 0 Å². The van der Waals surface area contributed by atoms with Gasteiger partial charge in [-0.3, -0.25) is 19.8 Å². The molecule has 0 saturated carbocycles. The highest BCUT2D eigenvalue weighted by atomic mass is 16.2. The van der Waals surface area contributed by atoms with Crippen LogP contribution in [0.5, 0.6) is 0 Å². The van der Waals surface area contributed by atoms with Crippen LogP contribution in [0.25, 0.3) is 0 Å². The standard InChI is InChI=1S/C11H19BN2O3/c1-11(2,3)7-4-9(16)14(10(7)17)6-13-5-8(12)15/h7,13H,4-6,12H2,1-3H3. The molecule has 1 N–H and O–H groups in total. The highest BCUT2D eigenvalue weighted by Gasteiger charge is 2.44. The fourth-order valence-electron chi connectivity index (χ4n) is 1.87. The molecule has 0 bridgehead atoms. The van der Waals surface area contributed by atoms with Crippen molar-refractivity contribution in [2.24, 2.45) is 11.3 Å². The van der Waals surface area contributed by atoms with Gasteiger partial charge in [-0.05, 0) is 5.41 Å². The summed E-state index contributed by atoms with van der Waals surface area (Å²) in [5.74, 6) is -0.557. The van der Waals surface area contributed by atoms with Gasteiger partial charge in [0, 0.05) is 13.0 Å². The van der Waals surface area contributed by atoms with Crippen LogP contribution < -0.4 is 5.32 Å². The molecule has 0 aromatic rings. The van der Waals surface area contributed by atoms with Crippen LogP contribution >= 0.6 is 0 Å². The molecular weight excluding hydrogens is 219 g/mol. The first-order chi connectivity index (χ1) is 7.73. The number of carbonyl (C=O) groups excluding carboxylic acids is 3. The van der Waals surface area contributed by atoms with E-state index < -0.39 is 0 Å². The van der Waals surface area contributed by atoms with Crippen LogP contribution in [0.15, 0.2) is 0 Å². The van der Waals surface area contributed by atoms with Crippen molar-refractivity contribution < 1.29 is 14.4 Å². The van der Waals surface area contributed by atoms with E-state index in [2.05, 4.69) is 5.32 Å². The Morgan fingerprint density at radius 1 is 1.47 bits per heavy atom. The molecule has 6 heteroatoms. The highest BCUT2D eigenvalue weighted by molar-refractivity contribution is 6.58. The van der Waals surface area contributed by atoms with Crippen LogP contribution in [0.1, 0.15) is 27.2 Å². The fraction of sp³-hybridized carbons (Fsp3) is 0.727. The van der Waals surface area contributed by atoms with E-state index in [4.69, 9.17) is 0 Å². The minimum Gasteiger partial charge on any atom is -0.311 e. The molecule has 1 saturated heterocycles. The average Bonchev–Trinajstić information content (AvgIpc) is 2.43. The Morgan fingerprint density at radius 2 is 2.06 bits per heavy atom. The SMILES string of the molecule is BC(=O)CNCN1C(=O)CC(C(C)(C)C)C1=O. The summed E-state index contributed by atoms with van der Waals surface area (Å²) >= 11 is 0. The Bertz CT molecular complexity index is 349. The van der Waals surface area contributed by atoms with Crippen molar-refractivity contribution in [3.05, 3.63) is 0 Å². The molecule has 0 aromatic heterocycles. The molecule has 0 spiro atoms. The predicted octanol–water partition coefficient (Wildman–Crippen LogP) is -0.886. The summed E-state index contributed by atoms with van der Waals surface area (Å²) in [5, 5.41) is 2.79. The van der Waals surface area contributed by atoms with E-state index in [0.717, 1.165) is 0 Å². The van der Waals surface area contributed by atoms with Gasteiger partial charge in [-0.1, -0.05) is 20.8 Å². The average molecular weight is 238 g/mol. The van der Waals surface area contributed by atoms with E-state index >= 15 is 0 Å². The first-order valence-electron chi connectivity index (χ1n) is 5.78. The summed E-state index contributed by atoms with van der Waals surface area (Å²) in [4.78, 5) is 35.7.